The van der Waals surface area contributed by atoms with Crippen LogP contribution in [-0.4, -0.2) is 5.11 Å². The molecule has 0 fully saturated rings. The molecular weight excluding hydrogens is 666 g/mol. The van der Waals surface area contributed by atoms with Crippen LogP contribution in [0.2, 0.25) is 0 Å². The molecule has 0 saturated heterocycles. The van der Waals surface area contributed by atoms with Crippen LogP contribution in [-0.2, 0) is 32.3 Å². The average molecular weight is 719 g/mol. The van der Waals surface area contributed by atoms with Gasteiger partial charge in [0.1, 0.15) is 0 Å². The molecule has 52 heavy (non-hydrogen) atoms. The Morgan fingerprint density at radius 1 is 0.404 bits per heavy atom. The van der Waals surface area contributed by atoms with Gasteiger partial charge in [0.2, 0.25) is 0 Å². The van der Waals surface area contributed by atoms with Crippen LogP contribution in [0.5, 0.6) is 0 Å². The molecule has 0 atom stereocenters. The molecule has 264 valence electrons. The summed E-state index contributed by atoms with van der Waals surface area (Å²) in [5, 5.41) is 19.8. The highest BCUT2D eigenvalue weighted by atomic mass is 31.1. The first-order valence-corrected chi connectivity index (χ1v) is 21.5. The summed E-state index contributed by atoms with van der Waals surface area (Å²) in [5.74, 6) is 0. The minimum atomic E-state index is -0.827. The summed E-state index contributed by atoms with van der Waals surface area (Å²) in [5.41, 5.74) is 17.5. The lowest BCUT2D eigenvalue weighted by Crippen LogP contribution is -2.31. The van der Waals surface area contributed by atoms with Gasteiger partial charge in [-0.15, -0.1) is 0 Å². The Hall–Kier alpha value is -3.86. The number of aliphatic hydroxyl groups excluding tert-OH is 1. The molecule has 0 spiro atoms. The second-order valence-corrected chi connectivity index (χ2v) is 19.1. The van der Waals surface area contributed by atoms with E-state index >= 15 is 0 Å². The maximum Gasteiger partial charge on any atom is 0.0684 e. The summed E-state index contributed by atoms with van der Waals surface area (Å²) >= 11 is 0. The van der Waals surface area contributed by atoms with Crippen molar-refractivity contribution in [1.82, 2.24) is 0 Å². The van der Waals surface area contributed by atoms with Gasteiger partial charge in [0.05, 0.1) is 6.61 Å². The van der Waals surface area contributed by atoms with Crippen molar-refractivity contribution in [2.75, 3.05) is 0 Å². The van der Waals surface area contributed by atoms with Gasteiger partial charge in [0.15, 0.2) is 0 Å². The molecule has 4 aliphatic carbocycles. The fourth-order valence-corrected chi connectivity index (χ4v) is 14.9. The van der Waals surface area contributed by atoms with Crippen molar-refractivity contribution in [3.05, 3.63) is 175 Å². The van der Waals surface area contributed by atoms with E-state index in [4.69, 9.17) is 0 Å². The maximum absolute atomic E-state index is 10.9. The molecule has 0 unspecified atom stereocenters. The van der Waals surface area contributed by atoms with E-state index in [9.17, 15) is 5.11 Å². The van der Waals surface area contributed by atoms with Gasteiger partial charge < -0.3 is 5.11 Å². The normalized spacial score (nSPS) is 12.8. The number of aryl methyl sites for hydroxylation is 12. The van der Waals surface area contributed by atoms with E-state index in [1.54, 1.807) is 0 Å². The predicted octanol–water partition coefficient (Wildman–Crippen LogP) is 9.05. The lowest BCUT2D eigenvalue weighted by atomic mass is 9.93. The number of benzene rings is 6. The molecule has 0 saturated carbocycles. The minimum Gasteiger partial charge on any atom is -0.392 e. The molecule has 1 nitrogen and oxygen atoms in total. The summed E-state index contributed by atoms with van der Waals surface area (Å²) in [6.45, 7) is 18.4. The largest absolute Gasteiger partial charge is 0.392 e. The van der Waals surface area contributed by atoms with Crippen LogP contribution in [0.15, 0.2) is 103 Å². The summed E-state index contributed by atoms with van der Waals surface area (Å²) in [4.78, 5) is 0. The Balaban J connectivity index is 1.43. The lowest BCUT2D eigenvalue weighted by molar-refractivity contribution is 0.280. The molecule has 4 aliphatic rings. The zero-order valence-electron chi connectivity index (χ0n) is 32.2. The zero-order chi connectivity index (χ0) is 36.7. The third-order valence-corrected chi connectivity index (χ3v) is 17.6. The van der Waals surface area contributed by atoms with Crippen LogP contribution in [0.25, 0.3) is 0 Å². The van der Waals surface area contributed by atoms with Crippen LogP contribution >= 0.6 is 15.8 Å². The van der Waals surface area contributed by atoms with Gasteiger partial charge in [0.25, 0.3) is 0 Å². The number of aliphatic hydroxyl groups is 1. The van der Waals surface area contributed by atoms with Crippen LogP contribution in [0.1, 0.15) is 72.3 Å². The first-order chi connectivity index (χ1) is 25.1. The van der Waals surface area contributed by atoms with Crippen LogP contribution in [0, 0.1) is 55.4 Å². The molecule has 4 bridgehead atoms. The number of hydrogen-bond donors (Lipinski definition) is 1. The minimum absolute atomic E-state index is 0.0648. The van der Waals surface area contributed by atoms with Gasteiger partial charge in [-0.05, 0) is 207 Å². The number of hydrogen-bond acceptors (Lipinski definition) is 1. The molecular formula is C49H52OP2. The molecule has 6 aromatic rings. The second kappa shape index (κ2) is 15.2. The third kappa shape index (κ3) is 6.85. The molecule has 0 heterocycles. The molecule has 0 amide bonds. The highest BCUT2D eigenvalue weighted by molar-refractivity contribution is 7.80. The van der Waals surface area contributed by atoms with E-state index in [1.807, 2.05) is 0 Å². The van der Waals surface area contributed by atoms with E-state index in [0.29, 0.717) is 0 Å². The van der Waals surface area contributed by atoms with E-state index < -0.39 is 15.8 Å². The Morgan fingerprint density at radius 3 is 1.17 bits per heavy atom. The van der Waals surface area contributed by atoms with Crippen molar-refractivity contribution in [3.8, 4) is 0 Å². The standard InChI is InChI=1S/C49H52OP2/c1-31-13-9-14-32(2)46(31)51(47-33(3)15-10-16-34(47)4)44-27-39-21-23-40(44)25-26-41-29-45(42(24-22-39)28-43(41)30-50)52(48-35(5)17-11-18-36(48)6)49-37(7)19-12-20-38(49)8/h9-21,23,27-29,50H,22,24-26,30H2,1-8H3. The maximum atomic E-state index is 10.9. The first-order valence-electron chi connectivity index (χ1n) is 18.8. The smallest absolute Gasteiger partial charge is 0.0684 e. The molecule has 6 aromatic carbocycles. The predicted molar refractivity (Wildman–Crippen MR) is 229 cm³/mol. The van der Waals surface area contributed by atoms with Crippen molar-refractivity contribution in [2.24, 2.45) is 0 Å². The summed E-state index contributed by atoms with van der Waals surface area (Å²) in [7, 11) is -1.62. The van der Waals surface area contributed by atoms with Gasteiger partial charge >= 0.3 is 0 Å². The summed E-state index contributed by atoms with van der Waals surface area (Å²) in [6.07, 6.45) is 3.71. The average Bonchev–Trinajstić information content (AvgIpc) is 3.10. The van der Waals surface area contributed by atoms with Gasteiger partial charge in [-0.1, -0.05) is 97.1 Å². The van der Waals surface area contributed by atoms with Crippen molar-refractivity contribution in [1.29, 1.82) is 0 Å². The SMILES string of the molecule is Cc1cccc(C)c1P(c1cc2c(CO)cc1CCc1ccc(c(P(c3c(C)cccc3C)c3c(C)cccc3C)c1)CC2)c1c(C)cccc1C. The van der Waals surface area contributed by atoms with Crippen molar-refractivity contribution in [2.45, 2.75) is 87.7 Å². The Bertz CT molecular complexity index is 2110. The fourth-order valence-electron chi connectivity index (χ4n) is 8.59. The van der Waals surface area contributed by atoms with Crippen molar-refractivity contribution in [3.63, 3.8) is 0 Å². The highest BCUT2D eigenvalue weighted by Gasteiger charge is 2.29. The number of rotatable bonds is 7. The Labute approximate surface area is 314 Å². The summed E-state index contributed by atoms with van der Waals surface area (Å²) in [6, 6.07) is 39.5. The van der Waals surface area contributed by atoms with E-state index in [2.05, 4.69) is 159 Å². The van der Waals surface area contributed by atoms with Gasteiger partial charge in [-0.25, -0.2) is 0 Å². The van der Waals surface area contributed by atoms with Crippen LogP contribution in [0.4, 0.5) is 0 Å². The van der Waals surface area contributed by atoms with Crippen molar-refractivity contribution >= 4 is 47.7 Å². The quantitative estimate of drug-likeness (QED) is 0.164. The fraction of sp³-hybridized carbons (Fsp3) is 0.265. The van der Waals surface area contributed by atoms with Gasteiger partial charge in [-0.3, -0.25) is 0 Å². The van der Waals surface area contributed by atoms with Crippen LogP contribution in [0.3, 0.4) is 0 Å². The third-order valence-electron chi connectivity index (χ3n) is 11.2. The van der Waals surface area contributed by atoms with Gasteiger partial charge in [0, 0.05) is 0 Å². The topological polar surface area (TPSA) is 20.2 Å². The van der Waals surface area contributed by atoms with E-state index in [-0.39, 0.29) is 6.61 Å². The second-order valence-electron chi connectivity index (χ2n) is 15.0. The first kappa shape index (κ1) is 36.5. The van der Waals surface area contributed by atoms with E-state index in [0.717, 1.165) is 31.2 Å². The monoisotopic (exact) mass is 718 g/mol. The van der Waals surface area contributed by atoms with Gasteiger partial charge in [-0.2, -0.15) is 0 Å². The zero-order valence-corrected chi connectivity index (χ0v) is 34.0. The molecule has 0 radical (unpaired) electrons. The Morgan fingerprint density at radius 2 is 0.769 bits per heavy atom. The lowest BCUT2D eigenvalue weighted by Gasteiger charge is -2.31. The summed E-state index contributed by atoms with van der Waals surface area (Å²) < 4.78 is 0. The van der Waals surface area contributed by atoms with E-state index in [1.165, 1.54) is 98.6 Å². The van der Waals surface area contributed by atoms with Crippen LogP contribution < -0.4 is 31.8 Å². The Kier molecular flexibility index (Phi) is 10.7. The highest BCUT2D eigenvalue weighted by Crippen LogP contribution is 2.42. The molecule has 1 N–H and O–H groups in total. The molecule has 3 heteroatoms. The molecule has 0 aromatic heterocycles. The van der Waals surface area contributed by atoms with Crippen molar-refractivity contribution < 1.29 is 5.11 Å². The molecule has 10 rings (SSSR count). The molecule has 0 aliphatic heterocycles.